The second-order valence-electron chi connectivity index (χ2n) is 5.53. The molecule has 0 atom stereocenters. The predicted octanol–water partition coefficient (Wildman–Crippen LogP) is 6.00. The van der Waals surface area contributed by atoms with Crippen LogP contribution in [0.1, 0.15) is 31.7 Å². The molecule has 0 heterocycles. The average Bonchev–Trinajstić information content (AvgIpc) is 2.50. The molecule has 0 fully saturated rings. The number of unbranched alkanes of at least 4 members (excludes halogenated alkanes) is 2. The third kappa shape index (κ3) is 2.63. The van der Waals surface area contributed by atoms with Crippen molar-refractivity contribution in [3.8, 4) is 0 Å². The Kier molecular flexibility index (Phi) is 3.87. The largest absolute Gasteiger partial charge is 0.204 e. The van der Waals surface area contributed by atoms with E-state index in [9.17, 15) is 8.78 Å². The summed E-state index contributed by atoms with van der Waals surface area (Å²) in [6, 6.07) is 12.7. The van der Waals surface area contributed by atoms with Gasteiger partial charge < -0.3 is 0 Å². The van der Waals surface area contributed by atoms with Crippen molar-refractivity contribution in [3.05, 3.63) is 59.7 Å². The summed E-state index contributed by atoms with van der Waals surface area (Å²) < 4.78 is 27.1. The molecule has 0 saturated heterocycles. The number of aryl methyl sites for hydroxylation is 1. The zero-order valence-corrected chi connectivity index (χ0v) is 12.1. The molecular weight excluding hydrogens is 266 g/mol. The van der Waals surface area contributed by atoms with Crippen LogP contribution in [0, 0.1) is 11.6 Å². The summed E-state index contributed by atoms with van der Waals surface area (Å²) in [5.41, 5.74) is 1.30. The van der Waals surface area contributed by atoms with E-state index in [0.29, 0.717) is 5.39 Å². The Morgan fingerprint density at radius 3 is 2.38 bits per heavy atom. The minimum Gasteiger partial charge on any atom is -0.204 e. The Hall–Kier alpha value is -1.96. The van der Waals surface area contributed by atoms with E-state index in [0.717, 1.165) is 22.6 Å². The molecule has 0 aromatic heterocycles. The third-order valence-electron chi connectivity index (χ3n) is 4.04. The fraction of sp³-hybridized carbons (Fsp3) is 0.263. The van der Waals surface area contributed by atoms with Gasteiger partial charge in [0.1, 0.15) is 0 Å². The fourth-order valence-corrected chi connectivity index (χ4v) is 2.87. The molecule has 0 aliphatic carbocycles. The van der Waals surface area contributed by atoms with Crippen LogP contribution in [0.15, 0.2) is 42.5 Å². The zero-order valence-electron chi connectivity index (χ0n) is 12.1. The Morgan fingerprint density at radius 1 is 0.810 bits per heavy atom. The summed E-state index contributed by atoms with van der Waals surface area (Å²) >= 11 is 0. The van der Waals surface area contributed by atoms with Crippen molar-refractivity contribution in [2.45, 2.75) is 32.6 Å². The molecule has 3 rings (SSSR count). The van der Waals surface area contributed by atoms with Crippen molar-refractivity contribution < 1.29 is 8.78 Å². The maximum Gasteiger partial charge on any atom is 0.166 e. The molecule has 0 nitrogen and oxygen atoms in total. The Labute approximate surface area is 123 Å². The van der Waals surface area contributed by atoms with Crippen LogP contribution in [0.5, 0.6) is 0 Å². The van der Waals surface area contributed by atoms with Crippen LogP contribution in [0.25, 0.3) is 21.5 Å². The van der Waals surface area contributed by atoms with Crippen LogP contribution < -0.4 is 0 Å². The summed E-state index contributed by atoms with van der Waals surface area (Å²) in [6.07, 6.45) is 4.71. The lowest BCUT2D eigenvalue weighted by Gasteiger charge is -2.08. The molecule has 0 amide bonds. The van der Waals surface area contributed by atoms with Crippen LogP contribution in [-0.2, 0) is 6.42 Å². The van der Waals surface area contributed by atoms with Gasteiger partial charge in [-0.05, 0) is 40.6 Å². The van der Waals surface area contributed by atoms with Gasteiger partial charge in [0.2, 0.25) is 0 Å². The molecule has 0 aliphatic rings. The van der Waals surface area contributed by atoms with E-state index in [1.807, 2.05) is 12.1 Å². The Bertz CT molecular complexity index is 790. The van der Waals surface area contributed by atoms with Gasteiger partial charge in [-0.3, -0.25) is 0 Å². The first-order chi connectivity index (χ1) is 10.2. The lowest BCUT2D eigenvalue weighted by atomic mass is 9.98. The number of hydrogen-bond donors (Lipinski definition) is 0. The fourth-order valence-electron chi connectivity index (χ4n) is 2.87. The van der Waals surface area contributed by atoms with Gasteiger partial charge >= 0.3 is 0 Å². The van der Waals surface area contributed by atoms with Gasteiger partial charge in [-0.1, -0.05) is 56.2 Å². The van der Waals surface area contributed by atoms with Crippen molar-refractivity contribution in [2.75, 3.05) is 0 Å². The van der Waals surface area contributed by atoms with Crippen LogP contribution in [0.3, 0.4) is 0 Å². The highest BCUT2D eigenvalue weighted by molar-refractivity contribution is 6.07. The lowest BCUT2D eigenvalue weighted by molar-refractivity contribution is 0.517. The Balaban J connectivity index is 2.08. The standard InChI is InChI=1S/C19H18F2/c1-2-3-4-5-13-6-8-15-14(12-13)7-9-17-16(15)10-11-18(20)19(17)21/h6-12H,2-5H2,1H3. The van der Waals surface area contributed by atoms with Gasteiger partial charge in [0.25, 0.3) is 0 Å². The molecule has 0 saturated carbocycles. The number of halogens is 2. The van der Waals surface area contributed by atoms with E-state index in [1.165, 1.54) is 30.9 Å². The first-order valence-corrected chi connectivity index (χ1v) is 7.50. The molecule has 0 bridgehead atoms. The van der Waals surface area contributed by atoms with Gasteiger partial charge in [0.05, 0.1) is 0 Å². The van der Waals surface area contributed by atoms with Crippen molar-refractivity contribution >= 4 is 21.5 Å². The molecule has 3 aromatic carbocycles. The smallest absolute Gasteiger partial charge is 0.166 e. The number of fused-ring (bicyclic) bond motifs is 3. The van der Waals surface area contributed by atoms with Crippen LogP contribution >= 0.6 is 0 Å². The van der Waals surface area contributed by atoms with E-state index < -0.39 is 11.6 Å². The zero-order chi connectivity index (χ0) is 14.8. The number of benzene rings is 3. The molecule has 0 unspecified atom stereocenters. The normalized spacial score (nSPS) is 11.4. The highest BCUT2D eigenvalue weighted by Crippen LogP contribution is 2.29. The van der Waals surface area contributed by atoms with E-state index in [-0.39, 0.29) is 0 Å². The lowest BCUT2D eigenvalue weighted by Crippen LogP contribution is -1.89. The highest BCUT2D eigenvalue weighted by atomic mass is 19.2. The molecule has 108 valence electrons. The number of hydrogen-bond acceptors (Lipinski definition) is 0. The number of rotatable bonds is 4. The highest BCUT2D eigenvalue weighted by Gasteiger charge is 2.09. The molecule has 0 N–H and O–H groups in total. The van der Waals surface area contributed by atoms with Crippen molar-refractivity contribution in [2.24, 2.45) is 0 Å². The molecule has 2 heteroatoms. The van der Waals surface area contributed by atoms with Crippen LogP contribution in [0.2, 0.25) is 0 Å². The minimum absolute atomic E-state index is 0.348. The minimum atomic E-state index is -0.793. The monoisotopic (exact) mass is 284 g/mol. The molecule has 0 spiro atoms. The first-order valence-electron chi connectivity index (χ1n) is 7.50. The van der Waals surface area contributed by atoms with Gasteiger partial charge in [0, 0.05) is 5.39 Å². The van der Waals surface area contributed by atoms with E-state index in [1.54, 1.807) is 12.1 Å². The van der Waals surface area contributed by atoms with E-state index in [2.05, 4.69) is 19.1 Å². The van der Waals surface area contributed by atoms with Crippen molar-refractivity contribution in [1.29, 1.82) is 0 Å². The first kappa shape index (κ1) is 14.0. The topological polar surface area (TPSA) is 0 Å². The molecular formula is C19H18F2. The van der Waals surface area contributed by atoms with Crippen molar-refractivity contribution in [1.82, 2.24) is 0 Å². The molecule has 21 heavy (non-hydrogen) atoms. The Morgan fingerprint density at radius 2 is 1.57 bits per heavy atom. The van der Waals surface area contributed by atoms with E-state index in [4.69, 9.17) is 0 Å². The summed E-state index contributed by atoms with van der Waals surface area (Å²) in [5.74, 6) is -1.56. The molecule has 3 aromatic rings. The molecule has 0 radical (unpaired) electrons. The van der Waals surface area contributed by atoms with E-state index >= 15 is 0 Å². The average molecular weight is 284 g/mol. The predicted molar refractivity (Wildman–Crippen MR) is 84.6 cm³/mol. The SMILES string of the molecule is CCCCCc1ccc2c(ccc3c(F)c(F)ccc32)c1. The van der Waals surface area contributed by atoms with Gasteiger partial charge in [0.15, 0.2) is 11.6 Å². The van der Waals surface area contributed by atoms with Gasteiger partial charge in [-0.25, -0.2) is 8.78 Å². The third-order valence-corrected chi connectivity index (χ3v) is 4.04. The van der Waals surface area contributed by atoms with Crippen LogP contribution in [0.4, 0.5) is 8.78 Å². The summed E-state index contributed by atoms with van der Waals surface area (Å²) in [6.45, 7) is 2.19. The quantitative estimate of drug-likeness (QED) is 0.407. The summed E-state index contributed by atoms with van der Waals surface area (Å²) in [5, 5.41) is 3.18. The molecule has 0 aliphatic heterocycles. The van der Waals surface area contributed by atoms with Gasteiger partial charge in [-0.15, -0.1) is 0 Å². The maximum atomic E-state index is 13.8. The summed E-state index contributed by atoms with van der Waals surface area (Å²) in [4.78, 5) is 0. The van der Waals surface area contributed by atoms with Crippen molar-refractivity contribution in [3.63, 3.8) is 0 Å². The second kappa shape index (κ2) is 5.80. The second-order valence-corrected chi connectivity index (χ2v) is 5.53. The summed E-state index contributed by atoms with van der Waals surface area (Å²) in [7, 11) is 0. The van der Waals surface area contributed by atoms with Crippen LogP contribution in [-0.4, -0.2) is 0 Å². The maximum absolute atomic E-state index is 13.8. The van der Waals surface area contributed by atoms with Gasteiger partial charge in [-0.2, -0.15) is 0 Å².